The van der Waals surface area contributed by atoms with Crippen LogP contribution in [0.4, 0.5) is 0 Å². The Morgan fingerprint density at radius 3 is 2.34 bits per heavy atom. The lowest BCUT2D eigenvalue weighted by molar-refractivity contribution is -0.204. The number of rotatable bonds is 7. The van der Waals surface area contributed by atoms with Crippen LogP contribution < -0.4 is 5.32 Å². The molecule has 1 aromatic heterocycles. The summed E-state index contributed by atoms with van der Waals surface area (Å²) in [7, 11) is 0. The number of carbonyl (C=O) groups excluding carboxylic acids is 2. The lowest BCUT2D eigenvalue weighted by Crippen LogP contribution is -2.65. The van der Waals surface area contributed by atoms with Crippen LogP contribution in [0.15, 0.2) is 65.0 Å². The topological polar surface area (TPSA) is 82.8 Å². The summed E-state index contributed by atoms with van der Waals surface area (Å²) in [6.07, 6.45) is 15.8. The van der Waals surface area contributed by atoms with Crippen LogP contribution in [-0.4, -0.2) is 34.5 Å². The zero-order chi connectivity index (χ0) is 35.7. The van der Waals surface area contributed by atoms with Crippen LogP contribution in [0, 0.1) is 50.2 Å². The predicted octanol–water partition coefficient (Wildman–Crippen LogP) is 9.09. The zero-order valence-electron chi connectivity index (χ0n) is 31.8. The molecular formula is C44H62N2O4. The lowest BCUT2D eigenvalue weighted by atomic mass is 9.33. The van der Waals surface area contributed by atoms with Crippen molar-refractivity contribution in [2.45, 2.75) is 132 Å². The second kappa shape index (κ2) is 12.4. The molecule has 2 aromatic rings. The molecule has 6 heteroatoms. The molecule has 6 nitrogen and oxygen atoms in total. The molecule has 0 aliphatic heterocycles. The van der Waals surface area contributed by atoms with E-state index in [1.54, 1.807) is 12.5 Å². The van der Waals surface area contributed by atoms with Crippen LogP contribution in [0.25, 0.3) is 0 Å². The van der Waals surface area contributed by atoms with Crippen LogP contribution in [0.5, 0.6) is 0 Å². The first-order valence-electron chi connectivity index (χ1n) is 19.6. The standard InChI is InChI=1S/C44H62N2O4/c1-39(2)20-22-44(38(49)46(27-31-17-24-50-29-31)28-37(48)45-26-30-11-9-8-10-12-30)23-21-42(6)32(33(44)25-39)13-14-35-41(5)18-16-36(47)40(3,4)34(41)15-19-43(35,42)7/h8-13,17,24,29,33-36,47H,14-16,18-23,25-28H2,1-7H3,(H,45,48)/t33-,34-,35+,36-,41-,42+,43+,44-/m0/s1. The fourth-order valence-electron chi connectivity index (χ4n) is 12.8. The molecule has 5 aliphatic rings. The molecule has 7 rings (SSSR count). The van der Waals surface area contributed by atoms with E-state index in [2.05, 4.69) is 59.9 Å². The number of hydrogen-bond donors (Lipinski definition) is 2. The van der Waals surface area contributed by atoms with Gasteiger partial charge in [0.2, 0.25) is 11.8 Å². The van der Waals surface area contributed by atoms with E-state index in [4.69, 9.17) is 4.42 Å². The average Bonchev–Trinajstić information content (AvgIpc) is 3.59. The monoisotopic (exact) mass is 682 g/mol. The van der Waals surface area contributed by atoms with Gasteiger partial charge >= 0.3 is 0 Å². The van der Waals surface area contributed by atoms with Crippen LogP contribution in [-0.2, 0) is 22.7 Å². The third kappa shape index (κ3) is 5.53. The molecule has 0 bridgehead atoms. The first-order chi connectivity index (χ1) is 23.6. The maximum Gasteiger partial charge on any atom is 0.239 e. The van der Waals surface area contributed by atoms with Crippen molar-refractivity contribution >= 4 is 11.8 Å². The Labute approximate surface area is 300 Å². The Balaban J connectivity index is 1.22. The summed E-state index contributed by atoms with van der Waals surface area (Å²) in [5, 5.41) is 14.2. The van der Waals surface area contributed by atoms with Crippen molar-refractivity contribution in [3.8, 4) is 0 Å². The normalized spacial score (nSPS) is 38.4. The van der Waals surface area contributed by atoms with Gasteiger partial charge in [-0.25, -0.2) is 0 Å². The summed E-state index contributed by atoms with van der Waals surface area (Å²) in [4.78, 5) is 30.7. The SMILES string of the molecule is CC1(C)CC[C@]2(C(=O)N(CC(=O)NCc3ccccc3)Cc3ccoc3)CC[C@]3(C)C(=CC[C@@H]4[C@@]5(C)CC[C@H](O)C(C)(C)[C@@H]5CC[C@]43C)[C@@H]2C1. The van der Waals surface area contributed by atoms with Crippen molar-refractivity contribution in [2.24, 2.45) is 50.2 Å². The third-order valence-corrected chi connectivity index (χ3v) is 15.9. The molecule has 8 atom stereocenters. The Morgan fingerprint density at radius 1 is 0.880 bits per heavy atom. The van der Waals surface area contributed by atoms with Crippen molar-refractivity contribution in [3.05, 3.63) is 71.7 Å². The molecule has 0 saturated heterocycles. The molecule has 4 fully saturated rings. The average molecular weight is 683 g/mol. The second-order valence-electron chi connectivity index (χ2n) is 19.3. The highest BCUT2D eigenvalue weighted by Crippen LogP contribution is 2.75. The van der Waals surface area contributed by atoms with Crippen LogP contribution in [0.1, 0.15) is 124 Å². The maximum atomic E-state index is 15.3. The van der Waals surface area contributed by atoms with Crippen molar-refractivity contribution in [1.29, 1.82) is 0 Å². The number of fused-ring (bicyclic) bond motifs is 7. The highest BCUT2D eigenvalue weighted by Gasteiger charge is 2.69. The molecule has 0 unspecified atom stereocenters. The number of aliphatic hydroxyl groups is 1. The maximum absolute atomic E-state index is 15.3. The molecule has 1 heterocycles. The number of nitrogens with zero attached hydrogens (tertiary/aromatic N) is 1. The van der Waals surface area contributed by atoms with Gasteiger partial charge in [0.15, 0.2) is 0 Å². The van der Waals surface area contributed by atoms with E-state index >= 15 is 4.79 Å². The van der Waals surface area contributed by atoms with E-state index in [-0.39, 0.29) is 57.5 Å². The Bertz CT molecular complexity index is 1610. The van der Waals surface area contributed by atoms with Gasteiger partial charge in [-0.1, -0.05) is 90.4 Å². The van der Waals surface area contributed by atoms with Gasteiger partial charge in [0.1, 0.15) is 0 Å². The predicted molar refractivity (Wildman–Crippen MR) is 197 cm³/mol. The molecule has 4 saturated carbocycles. The van der Waals surface area contributed by atoms with Gasteiger partial charge in [0.25, 0.3) is 0 Å². The summed E-state index contributed by atoms with van der Waals surface area (Å²) in [6.45, 7) is 18.0. The minimum atomic E-state index is -0.522. The van der Waals surface area contributed by atoms with Gasteiger partial charge in [-0.3, -0.25) is 9.59 Å². The van der Waals surface area contributed by atoms with Crippen LogP contribution >= 0.6 is 0 Å². The summed E-state index contributed by atoms with van der Waals surface area (Å²) >= 11 is 0. The lowest BCUT2D eigenvalue weighted by Gasteiger charge is -2.71. The van der Waals surface area contributed by atoms with Gasteiger partial charge in [-0.15, -0.1) is 0 Å². The van der Waals surface area contributed by atoms with Crippen LogP contribution in [0.3, 0.4) is 0 Å². The van der Waals surface area contributed by atoms with Crippen molar-refractivity contribution in [3.63, 3.8) is 0 Å². The highest BCUT2D eigenvalue weighted by atomic mass is 16.3. The summed E-state index contributed by atoms with van der Waals surface area (Å²) in [6, 6.07) is 11.9. The number of aliphatic hydroxyl groups excluding tert-OH is 1. The van der Waals surface area contributed by atoms with Gasteiger partial charge in [0.05, 0.1) is 30.6 Å². The molecule has 272 valence electrons. The Hall–Kier alpha value is -2.86. The number of hydrogen-bond acceptors (Lipinski definition) is 4. The molecule has 2 amide bonds. The zero-order valence-corrected chi connectivity index (χ0v) is 31.8. The Kier molecular flexibility index (Phi) is 8.80. The number of allylic oxidation sites excluding steroid dienone is 2. The second-order valence-corrected chi connectivity index (χ2v) is 19.3. The Morgan fingerprint density at radius 2 is 1.62 bits per heavy atom. The first-order valence-corrected chi connectivity index (χ1v) is 19.6. The number of benzene rings is 1. The fourth-order valence-corrected chi connectivity index (χ4v) is 12.8. The number of carbonyl (C=O) groups is 2. The quantitative estimate of drug-likeness (QED) is 0.286. The van der Waals surface area contributed by atoms with Gasteiger partial charge in [-0.2, -0.15) is 0 Å². The highest BCUT2D eigenvalue weighted by molar-refractivity contribution is 5.89. The van der Waals surface area contributed by atoms with E-state index in [0.717, 1.165) is 68.9 Å². The third-order valence-electron chi connectivity index (χ3n) is 15.9. The van der Waals surface area contributed by atoms with Gasteiger partial charge in [0, 0.05) is 18.7 Å². The van der Waals surface area contributed by atoms with Crippen LogP contribution in [0.2, 0.25) is 0 Å². The van der Waals surface area contributed by atoms with Gasteiger partial charge < -0.3 is 19.7 Å². The number of furan rings is 1. The number of amides is 2. The van der Waals surface area contributed by atoms with E-state index in [1.807, 2.05) is 41.3 Å². The van der Waals surface area contributed by atoms with Gasteiger partial charge in [-0.05, 0) is 121 Å². The molecule has 2 N–H and O–H groups in total. The molecule has 1 aromatic carbocycles. The van der Waals surface area contributed by atoms with E-state index in [1.165, 1.54) is 12.0 Å². The summed E-state index contributed by atoms with van der Waals surface area (Å²) in [5.41, 5.74) is 3.36. The van der Waals surface area contributed by atoms with Crippen molar-refractivity contribution in [2.75, 3.05) is 6.54 Å². The smallest absolute Gasteiger partial charge is 0.239 e. The fraction of sp³-hybridized carbons (Fsp3) is 0.682. The minimum absolute atomic E-state index is 0.00835. The van der Waals surface area contributed by atoms with Crippen molar-refractivity contribution < 1.29 is 19.1 Å². The minimum Gasteiger partial charge on any atom is -0.472 e. The largest absolute Gasteiger partial charge is 0.472 e. The molecule has 50 heavy (non-hydrogen) atoms. The van der Waals surface area contributed by atoms with Crippen molar-refractivity contribution in [1.82, 2.24) is 10.2 Å². The van der Waals surface area contributed by atoms with E-state index in [0.29, 0.717) is 24.9 Å². The summed E-state index contributed by atoms with van der Waals surface area (Å²) < 4.78 is 5.43. The molecular weight excluding hydrogens is 620 g/mol. The number of nitrogens with one attached hydrogen (secondary N) is 1. The van der Waals surface area contributed by atoms with E-state index in [9.17, 15) is 9.90 Å². The van der Waals surface area contributed by atoms with E-state index < -0.39 is 5.41 Å². The molecule has 5 aliphatic carbocycles. The molecule has 0 spiro atoms. The summed E-state index contributed by atoms with van der Waals surface area (Å²) in [5.74, 6) is 1.23. The first kappa shape index (κ1) is 35.5. The molecule has 0 radical (unpaired) electrons.